The molecule has 19 heavy (non-hydrogen) atoms. The Labute approximate surface area is 115 Å². The first-order valence-corrected chi connectivity index (χ1v) is 6.68. The molecule has 0 radical (unpaired) electrons. The number of para-hydroxylation sites is 1. The van der Waals surface area contributed by atoms with Crippen LogP contribution >= 0.6 is 0 Å². The molecule has 0 amide bonds. The summed E-state index contributed by atoms with van der Waals surface area (Å²) in [6.45, 7) is 7.56. The van der Waals surface area contributed by atoms with Gasteiger partial charge in [0.25, 0.3) is 0 Å². The summed E-state index contributed by atoms with van der Waals surface area (Å²) in [5.74, 6) is 1.54. The van der Waals surface area contributed by atoms with E-state index >= 15 is 0 Å². The number of hydrogen-bond acceptors (Lipinski definition) is 4. The van der Waals surface area contributed by atoms with Gasteiger partial charge in [0.2, 0.25) is 0 Å². The van der Waals surface area contributed by atoms with Crippen molar-refractivity contribution in [2.45, 2.75) is 39.3 Å². The Morgan fingerprint density at radius 1 is 1.32 bits per heavy atom. The van der Waals surface area contributed by atoms with E-state index in [-0.39, 0.29) is 12.1 Å². The molecule has 0 bridgehead atoms. The van der Waals surface area contributed by atoms with Gasteiger partial charge in [0.1, 0.15) is 0 Å². The molecule has 0 spiro atoms. The third-order valence-electron chi connectivity index (χ3n) is 3.06. The Balaban J connectivity index is 2.80. The molecule has 0 saturated carbocycles. The summed E-state index contributed by atoms with van der Waals surface area (Å²) in [5.41, 5.74) is 0.945. The second-order valence-electron chi connectivity index (χ2n) is 5.09. The first-order valence-electron chi connectivity index (χ1n) is 6.68. The van der Waals surface area contributed by atoms with Crippen LogP contribution < -0.4 is 14.8 Å². The summed E-state index contributed by atoms with van der Waals surface area (Å²) in [5, 5.41) is 12.5. The Bertz CT molecular complexity index is 391. The molecule has 0 aliphatic heterocycles. The summed E-state index contributed by atoms with van der Waals surface area (Å²) in [6, 6.07) is 5.89. The fourth-order valence-electron chi connectivity index (χ4n) is 1.90. The Morgan fingerprint density at radius 2 is 2.05 bits per heavy atom. The van der Waals surface area contributed by atoms with Gasteiger partial charge in [-0.25, -0.2) is 0 Å². The van der Waals surface area contributed by atoms with Crippen molar-refractivity contribution < 1.29 is 14.6 Å². The molecule has 2 N–H and O–H groups in total. The molecule has 4 nitrogen and oxygen atoms in total. The summed E-state index contributed by atoms with van der Waals surface area (Å²) >= 11 is 0. The second kappa shape index (κ2) is 7.36. The number of nitrogens with one attached hydrogen (secondary N) is 1. The first kappa shape index (κ1) is 15.8. The first-order chi connectivity index (χ1) is 9.04. The molecule has 0 atom stereocenters. The number of benzene rings is 1. The number of methoxy groups -OCH3 is 1. The van der Waals surface area contributed by atoms with E-state index in [1.165, 1.54) is 0 Å². The molecule has 0 heterocycles. The van der Waals surface area contributed by atoms with E-state index in [4.69, 9.17) is 14.6 Å². The van der Waals surface area contributed by atoms with Crippen molar-refractivity contribution in [3.63, 3.8) is 0 Å². The number of hydrogen-bond donors (Lipinski definition) is 2. The summed E-state index contributed by atoms with van der Waals surface area (Å²) < 4.78 is 11.0. The lowest BCUT2D eigenvalue weighted by Crippen LogP contribution is -2.39. The molecule has 0 aromatic heterocycles. The van der Waals surface area contributed by atoms with Crippen molar-refractivity contribution in [2.75, 3.05) is 20.3 Å². The van der Waals surface area contributed by atoms with Gasteiger partial charge in [-0.05, 0) is 33.3 Å². The van der Waals surface area contributed by atoms with Crippen molar-refractivity contribution in [3.8, 4) is 11.5 Å². The highest BCUT2D eigenvalue weighted by Crippen LogP contribution is 2.31. The number of rotatable bonds is 8. The topological polar surface area (TPSA) is 50.7 Å². The largest absolute Gasteiger partial charge is 0.493 e. The normalized spacial score (nSPS) is 11.4. The molecule has 0 fully saturated rings. The van der Waals surface area contributed by atoms with Gasteiger partial charge in [0, 0.05) is 24.3 Å². The van der Waals surface area contributed by atoms with Crippen molar-refractivity contribution in [2.24, 2.45) is 0 Å². The summed E-state index contributed by atoms with van der Waals surface area (Å²) in [7, 11) is 1.65. The van der Waals surface area contributed by atoms with E-state index in [2.05, 4.69) is 19.2 Å². The van der Waals surface area contributed by atoms with Crippen molar-refractivity contribution in [1.82, 2.24) is 5.32 Å². The maximum absolute atomic E-state index is 9.03. The summed E-state index contributed by atoms with van der Waals surface area (Å²) in [6.07, 6.45) is 0.709. The summed E-state index contributed by atoms with van der Waals surface area (Å²) in [4.78, 5) is 0. The van der Waals surface area contributed by atoms with Gasteiger partial charge in [0.05, 0.1) is 13.7 Å². The third kappa shape index (κ3) is 4.73. The molecule has 1 rings (SSSR count). The van der Waals surface area contributed by atoms with Crippen LogP contribution in [0.3, 0.4) is 0 Å². The van der Waals surface area contributed by atoms with Crippen LogP contribution in [0.4, 0.5) is 0 Å². The zero-order valence-electron chi connectivity index (χ0n) is 12.3. The van der Waals surface area contributed by atoms with E-state index in [9.17, 15) is 0 Å². The molecular weight excluding hydrogens is 242 g/mol. The maximum atomic E-state index is 9.03. The van der Waals surface area contributed by atoms with E-state index in [1.807, 2.05) is 25.1 Å². The van der Waals surface area contributed by atoms with Crippen molar-refractivity contribution in [3.05, 3.63) is 23.8 Å². The van der Waals surface area contributed by atoms with Gasteiger partial charge >= 0.3 is 0 Å². The third-order valence-corrected chi connectivity index (χ3v) is 3.06. The van der Waals surface area contributed by atoms with Crippen LogP contribution in [0.2, 0.25) is 0 Å². The average molecular weight is 267 g/mol. The molecule has 0 aliphatic carbocycles. The highest BCUT2D eigenvalue weighted by Gasteiger charge is 2.17. The monoisotopic (exact) mass is 267 g/mol. The van der Waals surface area contributed by atoms with Crippen LogP contribution in [0.5, 0.6) is 11.5 Å². The smallest absolute Gasteiger partial charge is 0.165 e. The Kier molecular flexibility index (Phi) is 6.12. The number of aliphatic hydroxyl groups excluding tert-OH is 1. The van der Waals surface area contributed by atoms with Crippen LogP contribution in [0.25, 0.3) is 0 Å². The average Bonchev–Trinajstić information content (AvgIpc) is 2.37. The van der Waals surface area contributed by atoms with Crippen molar-refractivity contribution in [1.29, 1.82) is 0 Å². The van der Waals surface area contributed by atoms with E-state index in [0.717, 1.165) is 17.1 Å². The lowest BCUT2D eigenvalue weighted by atomic mass is 10.0. The number of aliphatic hydroxyl groups is 1. The predicted molar refractivity (Wildman–Crippen MR) is 76.8 cm³/mol. The van der Waals surface area contributed by atoms with Crippen LogP contribution in [0, 0.1) is 0 Å². The van der Waals surface area contributed by atoms with Crippen molar-refractivity contribution >= 4 is 0 Å². The van der Waals surface area contributed by atoms with Crippen LogP contribution in [-0.4, -0.2) is 31.0 Å². The molecule has 108 valence electrons. The van der Waals surface area contributed by atoms with Gasteiger partial charge in [-0.15, -0.1) is 0 Å². The molecule has 1 aromatic rings. The molecule has 0 saturated heterocycles. The molecule has 1 aromatic carbocycles. The maximum Gasteiger partial charge on any atom is 0.165 e. The van der Waals surface area contributed by atoms with Gasteiger partial charge in [0.15, 0.2) is 11.5 Å². The minimum absolute atomic E-state index is 0.110. The number of ether oxygens (including phenoxy) is 2. The van der Waals surface area contributed by atoms with E-state index < -0.39 is 0 Å². The Hall–Kier alpha value is -1.26. The zero-order valence-corrected chi connectivity index (χ0v) is 12.3. The van der Waals surface area contributed by atoms with E-state index in [0.29, 0.717) is 19.6 Å². The SMILES string of the molecule is CCOc1cccc(CNC(C)(C)CCO)c1OC. The molecular formula is C15H25NO3. The predicted octanol–water partition coefficient (Wildman–Crippen LogP) is 2.34. The van der Waals surface area contributed by atoms with Crippen LogP contribution in [0.15, 0.2) is 18.2 Å². The zero-order chi connectivity index (χ0) is 14.3. The minimum atomic E-state index is -0.110. The van der Waals surface area contributed by atoms with Crippen LogP contribution in [0.1, 0.15) is 32.8 Å². The highest BCUT2D eigenvalue weighted by atomic mass is 16.5. The fraction of sp³-hybridized carbons (Fsp3) is 0.600. The second-order valence-corrected chi connectivity index (χ2v) is 5.09. The Morgan fingerprint density at radius 3 is 2.63 bits per heavy atom. The van der Waals surface area contributed by atoms with Crippen LogP contribution in [-0.2, 0) is 6.54 Å². The van der Waals surface area contributed by atoms with Gasteiger partial charge in [-0.2, -0.15) is 0 Å². The lowest BCUT2D eigenvalue weighted by Gasteiger charge is -2.26. The highest BCUT2D eigenvalue weighted by molar-refractivity contribution is 5.46. The fourth-order valence-corrected chi connectivity index (χ4v) is 1.90. The van der Waals surface area contributed by atoms with Gasteiger partial charge in [-0.3, -0.25) is 0 Å². The quantitative estimate of drug-likeness (QED) is 0.759. The standard InChI is InChI=1S/C15H25NO3/c1-5-19-13-8-6-7-12(14(13)18-4)11-16-15(2,3)9-10-17/h6-8,16-17H,5,9-11H2,1-4H3. The van der Waals surface area contributed by atoms with E-state index in [1.54, 1.807) is 7.11 Å². The van der Waals surface area contributed by atoms with Gasteiger partial charge < -0.3 is 19.9 Å². The molecule has 4 heteroatoms. The lowest BCUT2D eigenvalue weighted by molar-refractivity contribution is 0.229. The molecule has 0 unspecified atom stereocenters. The molecule has 0 aliphatic rings. The minimum Gasteiger partial charge on any atom is -0.493 e. The van der Waals surface area contributed by atoms with Gasteiger partial charge in [-0.1, -0.05) is 12.1 Å².